The third kappa shape index (κ3) is 3.24. The van der Waals surface area contributed by atoms with Gasteiger partial charge >= 0.3 is 17.9 Å². The van der Waals surface area contributed by atoms with Crippen LogP contribution in [0.2, 0.25) is 0 Å². The van der Waals surface area contributed by atoms with E-state index in [2.05, 4.69) is 0 Å². The molecule has 2 rings (SSSR count). The van der Waals surface area contributed by atoms with Crippen molar-refractivity contribution in [2.75, 3.05) is 0 Å². The fourth-order valence-corrected chi connectivity index (χ4v) is 1.97. The van der Waals surface area contributed by atoms with Crippen molar-refractivity contribution in [3.05, 3.63) is 70.3 Å². The lowest BCUT2D eigenvalue weighted by atomic mass is 9.95. The molecule has 0 aliphatic carbocycles. The Bertz CT molecular complexity index is 819. The van der Waals surface area contributed by atoms with Crippen molar-refractivity contribution < 1.29 is 34.5 Å². The highest BCUT2D eigenvalue weighted by Crippen LogP contribution is 2.18. The van der Waals surface area contributed by atoms with E-state index in [1.807, 2.05) is 0 Å². The average molecular weight is 314 g/mol. The predicted octanol–water partition coefficient (Wildman–Crippen LogP) is 2.01. The molecule has 0 unspecified atom stereocenters. The van der Waals surface area contributed by atoms with Crippen molar-refractivity contribution in [1.29, 1.82) is 0 Å². The number of ketones is 1. The molecule has 0 spiro atoms. The number of hydrogen-bond acceptors (Lipinski definition) is 4. The smallest absolute Gasteiger partial charge is 0.336 e. The maximum absolute atomic E-state index is 12.4. The molecular formula is C16H10O7. The quantitative estimate of drug-likeness (QED) is 0.720. The summed E-state index contributed by atoms with van der Waals surface area (Å²) in [5.74, 6) is -4.53. The molecule has 0 aliphatic rings. The highest BCUT2D eigenvalue weighted by molar-refractivity contribution is 6.15. The fraction of sp³-hybridized carbons (Fsp3) is 0. The van der Waals surface area contributed by atoms with Crippen molar-refractivity contribution in [3.8, 4) is 0 Å². The van der Waals surface area contributed by atoms with E-state index < -0.39 is 23.7 Å². The van der Waals surface area contributed by atoms with Gasteiger partial charge in [-0.2, -0.15) is 0 Å². The normalized spacial score (nSPS) is 10.1. The molecule has 0 bridgehead atoms. The van der Waals surface area contributed by atoms with Crippen molar-refractivity contribution in [2.45, 2.75) is 0 Å². The summed E-state index contributed by atoms with van der Waals surface area (Å²) in [7, 11) is 0. The average Bonchev–Trinajstić information content (AvgIpc) is 2.53. The third-order valence-corrected chi connectivity index (χ3v) is 3.14. The molecule has 116 valence electrons. The zero-order valence-electron chi connectivity index (χ0n) is 11.5. The van der Waals surface area contributed by atoms with Gasteiger partial charge in [-0.25, -0.2) is 14.4 Å². The number of carbonyl (C=O) groups excluding carboxylic acids is 1. The summed E-state index contributed by atoms with van der Waals surface area (Å²) < 4.78 is 0. The second-order valence-corrected chi connectivity index (χ2v) is 4.58. The van der Waals surface area contributed by atoms with Crippen molar-refractivity contribution >= 4 is 23.7 Å². The third-order valence-electron chi connectivity index (χ3n) is 3.14. The summed E-state index contributed by atoms with van der Waals surface area (Å²) >= 11 is 0. The van der Waals surface area contributed by atoms with E-state index in [0.29, 0.717) is 0 Å². The van der Waals surface area contributed by atoms with Gasteiger partial charge in [0.15, 0.2) is 5.78 Å². The van der Waals surface area contributed by atoms with Crippen molar-refractivity contribution in [1.82, 2.24) is 0 Å². The molecular weight excluding hydrogens is 304 g/mol. The van der Waals surface area contributed by atoms with Gasteiger partial charge in [-0.05, 0) is 30.3 Å². The molecule has 7 nitrogen and oxygen atoms in total. The second kappa shape index (κ2) is 6.10. The molecule has 0 aliphatic heterocycles. The number of aromatic carboxylic acids is 3. The Morgan fingerprint density at radius 3 is 1.52 bits per heavy atom. The summed E-state index contributed by atoms with van der Waals surface area (Å²) in [5, 5.41) is 26.9. The lowest BCUT2D eigenvalue weighted by Crippen LogP contribution is -2.12. The van der Waals surface area contributed by atoms with Crippen LogP contribution in [0.4, 0.5) is 0 Å². The van der Waals surface area contributed by atoms with E-state index in [4.69, 9.17) is 15.3 Å². The number of carboxylic acids is 3. The summed E-state index contributed by atoms with van der Waals surface area (Å²) in [4.78, 5) is 45.4. The maximum Gasteiger partial charge on any atom is 0.336 e. The Morgan fingerprint density at radius 2 is 1.04 bits per heavy atom. The molecule has 2 aromatic rings. The molecule has 0 saturated carbocycles. The van der Waals surface area contributed by atoms with E-state index in [1.54, 1.807) is 0 Å². The molecule has 0 saturated heterocycles. The van der Waals surface area contributed by atoms with Crippen LogP contribution >= 0.6 is 0 Å². The van der Waals surface area contributed by atoms with E-state index in [1.165, 1.54) is 24.3 Å². The molecule has 0 heterocycles. The summed E-state index contributed by atoms with van der Waals surface area (Å²) in [6.07, 6.45) is 0. The minimum atomic E-state index is -1.37. The van der Waals surface area contributed by atoms with Crippen LogP contribution in [-0.2, 0) is 0 Å². The largest absolute Gasteiger partial charge is 0.478 e. The fourth-order valence-electron chi connectivity index (χ4n) is 1.97. The first-order chi connectivity index (χ1) is 10.8. The van der Waals surface area contributed by atoms with Crippen LogP contribution in [-0.4, -0.2) is 39.0 Å². The van der Waals surface area contributed by atoms with Crippen LogP contribution < -0.4 is 0 Å². The number of hydrogen-bond donors (Lipinski definition) is 3. The van der Waals surface area contributed by atoms with Gasteiger partial charge in [0.25, 0.3) is 0 Å². The van der Waals surface area contributed by atoms with Gasteiger partial charge in [0.05, 0.1) is 16.7 Å². The van der Waals surface area contributed by atoms with E-state index in [9.17, 15) is 19.2 Å². The first kappa shape index (κ1) is 15.9. The van der Waals surface area contributed by atoms with Crippen LogP contribution in [0.25, 0.3) is 0 Å². The number of carboxylic acid groups (broad SMARTS) is 3. The lowest BCUT2D eigenvalue weighted by molar-refractivity contribution is 0.0679. The van der Waals surface area contributed by atoms with Gasteiger partial charge in [-0.15, -0.1) is 0 Å². The summed E-state index contributed by atoms with van der Waals surface area (Å²) in [6, 6.07) is 8.02. The standard InChI is InChI=1S/C16H10O7/c17-13(8-1-3-9(4-2-8)14(18)19)12-7-10(15(20)21)5-6-11(12)16(22)23/h1-7H,(H,18,19)(H,20,21)(H,22,23). The molecule has 0 radical (unpaired) electrons. The Kier molecular flexibility index (Phi) is 4.22. The Morgan fingerprint density at radius 1 is 0.565 bits per heavy atom. The van der Waals surface area contributed by atoms with Gasteiger partial charge in [0.2, 0.25) is 0 Å². The first-order valence-corrected chi connectivity index (χ1v) is 6.30. The van der Waals surface area contributed by atoms with Crippen LogP contribution in [0.1, 0.15) is 47.0 Å². The Balaban J connectivity index is 2.52. The topological polar surface area (TPSA) is 129 Å². The predicted molar refractivity (Wildman–Crippen MR) is 77.2 cm³/mol. The maximum atomic E-state index is 12.4. The minimum Gasteiger partial charge on any atom is -0.478 e. The second-order valence-electron chi connectivity index (χ2n) is 4.58. The van der Waals surface area contributed by atoms with Crippen LogP contribution in [0, 0.1) is 0 Å². The zero-order valence-corrected chi connectivity index (χ0v) is 11.5. The molecule has 0 fully saturated rings. The SMILES string of the molecule is O=C(O)c1ccc(C(=O)c2cc(C(=O)O)ccc2C(=O)O)cc1. The lowest BCUT2D eigenvalue weighted by Gasteiger charge is -2.07. The molecule has 7 heteroatoms. The van der Waals surface area contributed by atoms with Crippen molar-refractivity contribution in [2.24, 2.45) is 0 Å². The molecule has 3 N–H and O–H groups in total. The zero-order chi connectivity index (χ0) is 17.1. The molecule has 2 aromatic carbocycles. The number of benzene rings is 2. The summed E-state index contributed by atoms with van der Waals surface area (Å²) in [6.45, 7) is 0. The monoisotopic (exact) mass is 314 g/mol. The first-order valence-electron chi connectivity index (χ1n) is 6.30. The van der Waals surface area contributed by atoms with E-state index in [0.717, 1.165) is 18.2 Å². The Labute approximate surface area is 129 Å². The van der Waals surface area contributed by atoms with Gasteiger partial charge in [0.1, 0.15) is 0 Å². The van der Waals surface area contributed by atoms with Gasteiger partial charge in [-0.3, -0.25) is 4.79 Å². The van der Waals surface area contributed by atoms with Gasteiger partial charge in [-0.1, -0.05) is 12.1 Å². The van der Waals surface area contributed by atoms with E-state index >= 15 is 0 Å². The number of rotatable bonds is 5. The molecule has 0 aromatic heterocycles. The molecule has 23 heavy (non-hydrogen) atoms. The number of carbonyl (C=O) groups is 4. The van der Waals surface area contributed by atoms with Crippen LogP contribution in [0.5, 0.6) is 0 Å². The summed E-state index contributed by atoms with van der Waals surface area (Å²) in [5.41, 5.74) is -0.803. The van der Waals surface area contributed by atoms with Crippen LogP contribution in [0.15, 0.2) is 42.5 Å². The molecule has 0 amide bonds. The minimum absolute atomic E-state index is 0.0284. The van der Waals surface area contributed by atoms with Gasteiger partial charge in [0, 0.05) is 11.1 Å². The Hall–Kier alpha value is -3.48. The highest BCUT2D eigenvalue weighted by atomic mass is 16.4. The van der Waals surface area contributed by atoms with Crippen molar-refractivity contribution in [3.63, 3.8) is 0 Å². The van der Waals surface area contributed by atoms with Gasteiger partial charge < -0.3 is 15.3 Å². The highest BCUT2D eigenvalue weighted by Gasteiger charge is 2.20. The van der Waals surface area contributed by atoms with Crippen LogP contribution in [0.3, 0.4) is 0 Å². The van der Waals surface area contributed by atoms with E-state index in [-0.39, 0.29) is 27.8 Å². The molecule has 0 atom stereocenters.